The first kappa shape index (κ1) is 25.2. The van der Waals surface area contributed by atoms with Crippen molar-refractivity contribution in [1.29, 1.82) is 5.26 Å². The van der Waals surface area contributed by atoms with Crippen molar-refractivity contribution < 1.29 is 32.3 Å². The van der Waals surface area contributed by atoms with Crippen LogP contribution in [0.1, 0.15) is 36.5 Å². The second-order valence-electron chi connectivity index (χ2n) is 6.24. The van der Waals surface area contributed by atoms with Gasteiger partial charge >= 0.3 is 6.18 Å². The maximum Gasteiger partial charge on any atom is 0.450 e. The molecule has 0 unspecified atom stereocenters. The van der Waals surface area contributed by atoms with Crippen LogP contribution in [0.25, 0.3) is 0 Å². The first-order valence-corrected chi connectivity index (χ1v) is 9.91. The topological polar surface area (TPSA) is 121 Å². The van der Waals surface area contributed by atoms with E-state index in [-0.39, 0.29) is 35.6 Å². The molecule has 0 radical (unpaired) electrons. The zero-order chi connectivity index (χ0) is 22.9. The summed E-state index contributed by atoms with van der Waals surface area (Å²) < 4.78 is 36.7. The van der Waals surface area contributed by atoms with Gasteiger partial charge in [0.05, 0.1) is 11.8 Å². The van der Waals surface area contributed by atoms with Crippen LogP contribution in [0.3, 0.4) is 0 Å². The Morgan fingerprint density at radius 2 is 1.93 bits per heavy atom. The predicted molar refractivity (Wildman–Crippen MR) is 105 cm³/mol. The molecule has 0 bridgehead atoms. The molecule has 1 rings (SSSR count). The van der Waals surface area contributed by atoms with Crippen LogP contribution in [0.4, 0.5) is 18.9 Å². The summed E-state index contributed by atoms with van der Waals surface area (Å²) in [5.74, 6) is -4.33. The van der Waals surface area contributed by atoms with E-state index in [9.17, 15) is 32.3 Å². The first-order valence-electron chi connectivity index (χ1n) is 8.76. The summed E-state index contributed by atoms with van der Waals surface area (Å²) in [5.41, 5.74) is 5.92. The first-order chi connectivity index (χ1) is 14.0. The molecule has 162 valence electrons. The van der Waals surface area contributed by atoms with Gasteiger partial charge in [-0.05, 0) is 37.7 Å². The van der Waals surface area contributed by atoms with Crippen molar-refractivity contribution in [2.45, 2.75) is 38.4 Å². The quantitative estimate of drug-likeness (QED) is 0.415. The maximum atomic E-state index is 12.5. The van der Waals surface area contributed by atoms with E-state index in [2.05, 4.69) is 0 Å². The third-order valence-electron chi connectivity index (χ3n) is 3.99. The summed E-state index contributed by atoms with van der Waals surface area (Å²) in [6.07, 6.45) is -5.25. The Morgan fingerprint density at radius 3 is 2.47 bits per heavy atom. The van der Waals surface area contributed by atoms with E-state index in [1.807, 2.05) is 0 Å². The number of rotatable bonds is 11. The molecule has 0 saturated carbocycles. The van der Waals surface area contributed by atoms with Gasteiger partial charge < -0.3 is 5.73 Å². The Bertz CT molecular complexity index is 852. The summed E-state index contributed by atoms with van der Waals surface area (Å²) in [6, 6.07) is 6.42. The molecule has 0 aliphatic heterocycles. The van der Waals surface area contributed by atoms with E-state index in [0.717, 1.165) is 16.7 Å². The van der Waals surface area contributed by atoms with Gasteiger partial charge in [-0.15, -0.1) is 0 Å². The van der Waals surface area contributed by atoms with Gasteiger partial charge in [-0.2, -0.15) is 30.2 Å². The standard InChI is InChI=1S/C19H20F3N3O4S/c1-12(26)13-4-2-5-14(10-13)25(17(28)7-8-23)15(18(24)29)6-3-9-30-11-16(27)19(20,21)22/h2,4-5,10,15H,3,6-7,9,11H2,1H3,(H2,24,29)/t15-/m0/s1. The average molecular weight is 443 g/mol. The van der Waals surface area contributed by atoms with Crippen LogP contribution in [0.5, 0.6) is 0 Å². The smallest absolute Gasteiger partial charge is 0.368 e. The predicted octanol–water partition coefficient (Wildman–Crippen LogP) is 2.63. The fraction of sp³-hybridized carbons (Fsp3) is 0.421. The lowest BCUT2D eigenvalue weighted by molar-refractivity contribution is -0.167. The number of halogens is 3. The Morgan fingerprint density at radius 1 is 1.27 bits per heavy atom. The van der Waals surface area contributed by atoms with Crippen molar-refractivity contribution in [3.63, 3.8) is 0 Å². The van der Waals surface area contributed by atoms with Crippen molar-refractivity contribution in [3.8, 4) is 6.07 Å². The number of carbonyl (C=O) groups is 4. The molecule has 0 saturated heterocycles. The highest BCUT2D eigenvalue weighted by Crippen LogP contribution is 2.24. The Kier molecular flexibility index (Phi) is 9.52. The van der Waals surface area contributed by atoms with Gasteiger partial charge in [-0.25, -0.2) is 0 Å². The fourth-order valence-electron chi connectivity index (χ4n) is 2.55. The maximum absolute atomic E-state index is 12.5. The van der Waals surface area contributed by atoms with Gasteiger partial charge in [0.2, 0.25) is 17.6 Å². The molecule has 0 aliphatic carbocycles. The third kappa shape index (κ3) is 7.51. The van der Waals surface area contributed by atoms with Crippen LogP contribution in [-0.4, -0.2) is 47.1 Å². The number of Topliss-reactive ketones (excluding diaryl/α,β-unsaturated/α-hetero) is 2. The number of amides is 2. The summed E-state index contributed by atoms with van der Waals surface area (Å²) in [4.78, 5) is 48.1. The molecular formula is C19H20F3N3O4S. The molecule has 7 nitrogen and oxygen atoms in total. The van der Waals surface area contributed by atoms with Gasteiger partial charge in [-0.3, -0.25) is 24.1 Å². The number of nitrogens with two attached hydrogens (primary N) is 1. The molecule has 1 atom stereocenters. The molecule has 0 aromatic heterocycles. The SMILES string of the molecule is CC(=O)c1cccc(N(C(=O)CC#N)[C@@H](CCCSCC(=O)C(F)(F)F)C(N)=O)c1. The number of hydrogen-bond donors (Lipinski definition) is 1. The van der Waals surface area contributed by atoms with E-state index in [0.29, 0.717) is 0 Å². The Hall–Kier alpha value is -2.87. The summed E-state index contributed by atoms with van der Waals surface area (Å²) in [7, 11) is 0. The summed E-state index contributed by atoms with van der Waals surface area (Å²) >= 11 is 0.752. The number of nitrogens with zero attached hydrogens (tertiary/aromatic N) is 2. The molecule has 0 spiro atoms. The largest absolute Gasteiger partial charge is 0.450 e. The highest BCUT2D eigenvalue weighted by Gasteiger charge is 2.37. The molecule has 1 aromatic carbocycles. The number of benzene rings is 1. The van der Waals surface area contributed by atoms with Crippen molar-refractivity contribution >= 4 is 40.8 Å². The molecule has 0 aliphatic rings. The number of hydrogen-bond acceptors (Lipinski definition) is 6. The van der Waals surface area contributed by atoms with Crippen LogP contribution in [0, 0.1) is 11.3 Å². The fourth-order valence-corrected chi connectivity index (χ4v) is 3.41. The Labute approximate surface area is 175 Å². The van der Waals surface area contributed by atoms with Gasteiger partial charge in [0.1, 0.15) is 12.5 Å². The van der Waals surface area contributed by atoms with Gasteiger partial charge in [-0.1, -0.05) is 12.1 Å². The minimum atomic E-state index is -4.90. The number of primary amides is 1. The number of thioether (sulfide) groups is 1. The van der Waals surface area contributed by atoms with Crippen molar-refractivity contribution in [2.75, 3.05) is 16.4 Å². The third-order valence-corrected chi connectivity index (χ3v) is 5.03. The van der Waals surface area contributed by atoms with E-state index < -0.39 is 42.0 Å². The zero-order valence-electron chi connectivity index (χ0n) is 16.1. The Balaban J connectivity index is 2.96. The van der Waals surface area contributed by atoms with E-state index in [4.69, 9.17) is 11.0 Å². The second kappa shape index (κ2) is 11.3. The zero-order valence-corrected chi connectivity index (χ0v) is 16.9. The lowest BCUT2D eigenvalue weighted by Gasteiger charge is -2.29. The number of anilines is 1. The van der Waals surface area contributed by atoms with Crippen molar-refractivity contribution in [1.82, 2.24) is 0 Å². The van der Waals surface area contributed by atoms with Crippen LogP contribution >= 0.6 is 11.8 Å². The lowest BCUT2D eigenvalue weighted by Crippen LogP contribution is -2.48. The van der Waals surface area contributed by atoms with Crippen LogP contribution in [0.2, 0.25) is 0 Å². The van der Waals surface area contributed by atoms with Crippen LogP contribution < -0.4 is 10.6 Å². The van der Waals surface area contributed by atoms with E-state index in [1.54, 1.807) is 6.07 Å². The molecule has 0 fully saturated rings. The van der Waals surface area contributed by atoms with Crippen molar-refractivity contribution in [2.24, 2.45) is 5.73 Å². The van der Waals surface area contributed by atoms with Crippen LogP contribution in [0.15, 0.2) is 24.3 Å². The number of carbonyl (C=O) groups excluding carboxylic acids is 4. The summed E-state index contributed by atoms with van der Waals surface area (Å²) in [6.45, 7) is 1.32. The molecule has 0 heterocycles. The second-order valence-corrected chi connectivity index (χ2v) is 7.34. The molecule has 2 amide bonds. The molecule has 2 N–H and O–H groups in total. The van der Waals surface area contributed by atoms with Crippen LogP contribution in [-0.2, 0) is 14.4 Å². The van der Waals surface area contributed by atoms with Crippen molar-refractivity contribution in [3.05, 3.63) is 29.8 Å². The minimum absolute atomic E-state index is 0.00398. The average Bonchev–Trinajstić information content (AvgIpc) is 2.65. The number of alkyl halides is 3. The van der Waals surface area contributed by atoms with E-state index >= 15 is 0 Å². The molecular weight excluding hydrogens is 423 g/mol. The van der Waals surface area contributed by atoms with E-state index in [1.165, 1.54) is 31.2 Å². The minimum Gasteiger partial charge on any atom is -0.368 e. The molecule has 30 heavy (non-hydrogen) atoms. The number of nitriles is 1. The summed E-state index contributed by atoms with van der Waals surface area (Å²) in [5, 5.41) is 8.86. The van der Waals surface area contributed by atoms with Gasteiger partial charge in [0.15, 0.2) is 5.78 Å². The highest BCUT2D eigenvalue weighted by molar-refractivity contribution is 7.99. The monoisotopic (exact) mass is 443 g/mol. The van der Waals surface area contributed by atoms with Gasteiger partial charge in [0, 0.05) is 11.3 Å². The molecule has 11 heteroatoms. The van der Waals surface area contributed by atoms with Gasteiger partial charge in [0.25, 0.3) is 0 Å². The number of ketones is 2. The lowest BCUT2D eigenvalue weighted by atomic mass is 10.1. The normalized spacial score (nSPS) is 12.0. The highest BCUT2D eigenvalue weighted by atomic mass is 32.2. The molecule has 1 aromatic rings.